The van der Waals surface area contributed by atoms with Crippen LogP contribution < -0.4 is 4.90 Å². The molecule has 1 atom stereocenters. The maximum absolute atomic E-state index is 9.09. The molecule has 2 aromatic rings. The first kappa shape index (κ1) is 11.3. The highest BCUT2D eigenvalue weighted by molar-refractivity contribution is 5.71. The lowest BCUT2D eigenvalue weighted by molar-refractivity contribution is 0.282. The Labute approximate surface area is 107 Å². The Balaban J connectivity index is 2.00. The molecule has 0 saturated carbocycles. The van der Waals surface area contributed by atoms with Crippen LogP contribution in [-0.2, 0) is 13.0 Å². The molecule has 92 valence electrons. The third-order valence-electron chi connectivity index (χ3n) is 3.60. The minimum Gasteiger partial charge on any atom is -0.392 e. The molecule has 0 radical (unpaired) electrons. The van der Waals surface area contributed by atoms with Gasteiger partial charge in [0.1, 0.15) is 0 Å². The molecule has 18 heavy (non-hydrogen) atoms. The summed E-state index contributed by atoms with van der Waals surface area (Å²) in [6.45, 7) is 2.35. The smallest absolute Gasteiger partial charge is 0.0681 e. The van der Waals surface area contributed by atoms with E-state index in [2.05, 4.69) is 48.2 Å². The Morgan fingerprint density at radius 3 is 2.56 bits per heavy atom. The van der Waals surface area contributed by atoms with Crippen LogP contribution in [0, 0.1) is 0 Å². The summed E-state index contributed by atoms with van der Waals surface area (Å²) in [5.41, 5.74) is 4.88. The van der Waals surface area contributed by atoms with Crippen LogP contribution in [0.1, 0.15) is 18.1 Å². The molecule has 1 N–H and O–H groups in total. The summed E-state index contributed by atoms with van der Waals surface area (Å²) >= 11 is 0. The standard InChI is InChI=1S/C16H17NO/c1-12-10-14-4-2-3-5-16(14)17(12)15-8-6-13(11-18)7-9-15/h2-9,12,18H,10-11H2,1H3. The van der Waals surface area contributed by atoms with Gasteiger partial charge in [-0.3, -0.25) is 0 Å². The first-order valence-electron chi connectivity index (χ1n) is 6.36. The molecule has 3 rings (SSSR count). The Kier molecular flexibility index (Phi) is 2.80. The summed E-state index contributed by atoms with van der Waals surface area (Å²) in [6.07, 6.45) is 1.10. The Hall–Kier alpha value is -1.80. The highest BCUT2D eigenvalue weighted by Crippen LogP contribution is 2.37. The molecule has 2 nitrogen and oxygen atoms in total. The van der Waals surface area contributed by atoms with E-state index in [0.29, 0.717) is 6.04 Å². The first-order valence-corrected chi connectivity index (χ1v) is 6.36. The number of para-hydroxylation sites is 1. The van der Waals surface area contributed by atoms with Gasteiger partial charge in [0.15, 0.2) is 0 Å². The highest BCUT2D eigenvalue weighted by Gasteiger charge is 2.26. The number of aliphatic hydroxyl groups is 1. The number of benzene rings is 2. The zero-order valence-corrected chi connectivity index (χ0v) is 10.5. The maximum atomic E-state index is 9.09. The molecule has 1 aliphatic rings. The Morgan fingerprint density at radius 1 is 1.11 bits per heavy atom. The number of anilines is 2. The van der Waals surface area contributed by atoms with Crippen LogP contribution in [0.25, 0.3) is 0 Å². The van der Waals surface area contributed by atoms with Gasteiger partial charge < -0.3 is 10.0 Å². The molecule has 0 bridgehead atoms. The van der Waals surface area contributed by atoms with Crippen molar-refractivity contribution >= 4 is 11.4 Å². The second-order valence-electron chi connectivity index (χ2n) is 4.88. The summed E-state index contributed by atoms with van der Waals surface area (Å²) in [6, 6.07) is 17.2. The fourth-order valence-corrected chi connectivity index (χ4v) is 2.72. The van der Waals surface area contributed by atoms with Crippen molar-refractivity contribution in [2.45, 2.75) is 26.0 Å². The van der Waals surface area contributed by atoms with E-state index in [1.54, 1.807) is 0 Å². The van der Waals surface area contributed by atoms with Crippen molar-refractivity contribution in [2.24, 2.45) is 0 Å². The van der Waals surface area contributed by atoms with E-state index in [1.165, 1.54) is 16.9 Å². The van der Waals surface area contributed by atoms with E-state index >= 15 is 0 Å². The van der Waals surface area contributed by atoms with Gasteiger partial charge in [0.25, 0.3) is 0 Å². The van der Waals surface area contributed by atoms with Crippen molar-refractivity contribution < 1.29 is 5.11 Å². The molecule has 1 unspecified atom stereocenters. The van der Waals surface area contributed by atoms with Crippen molar-refractivity contribution in [3.05, 3.63) is 59.7 Å². The average Bonchev–Trinajstić information content (AvgIpc) is 2.75. The second-order valence-corrected chi connectivity index (χ2v) is 4.88. The first-order chi connectivity index (χ1) is 8.79. The quantitative estimate of drug-likeness (QED) is 0.869. The predicted octanol–water partition coefficient (Wildman–Crippen LogP) is 3.26. The maximum Gasteiger partial charge on any atom is 0.0681 e. The lowest BCUT2D eigenvalue weighted by Crippen LogP contribution is -2.23. The molecule has 0 fully saturated rings. The number of fused-ring (bicyclic) bond motifs is 1. The summed E-state index contributed by atoms with van der Waals surface area (Å²) < 4.78 is 0. The topological polar surface area (TPSA) is 23.5 Å². The van der Waals surface area contributed by atoms with Crippen LogP contribution in [0.15, 0.2) is 48.5 Å². The largest absolute Gasteiger partial charge is 0.392 e. The molecule has 2 aromatic carbocycles. The van der Waals surface area contributed by atoms with E-state index in [4.69, 9.17) is 5.11 Å². The molecule has 0 saturated heterocycles. The molecule has 0 spiro atoms. The summed E-state index contributed by atoms with van der Waals surface area (Å²) in [7, 11) is 0. The van der Waals surface area contributed by atoms with Crippen molar-refractivity contribution in [1.29, 1.82) is 0 Å². The molecule has 1 heterocycles. The van der Waals surface area contributed by atoms with Crippen molar-refractivity contribution in [3.8, 4) is 0 Å². The molecule has 1 aliphatic heterocycles. The van der Waals surface area contributed by atoms with Crippen LogP contribution in [0.5, 0.6) is 0 Å². The van der Waals surface area contributed by atoms with Crippen molar-refractivity contribution in [3.63, 3.8) is 0 Å². The van der Waals surface area contributed by atoms with Crippen LogP contribution in [0.2, 0.25) is 0 Å². The molecule has 2 heteroatoms. The summed E-state index contributed by atoms with van der Waals surface area (Å²) in [5.74, 6) is 0. The zero-order chi connectivity index (χ0) is 12.5. The van der Waals surface area contributed by atoms with Crippen molar-refractivity contribution in [2.75, 3.05) is 4.90 Å². The zero-order valence-electron chi connectivity index (χ0n) is 10.5. The Morgan fingerprint density at radius 2 is 1.83 bits per heavy atom. The fourth-order valence-electron chi connectivity index (χ4n) is 2.72. The van der Waals surface area contributed by atoms with Gasteiger partial charge in [-0.25, -0.2) is 0 Å². The van der Waals surface area contributed by atoms with E-state index < -0.39 is 0 Å². The Bertz CT molecular complexity index is 547. The van der Waals surface area contributed by atoms with Gasteiger partial charge in [0.05, 0.1) is 6.61 Å². The molecular formula is C16H17NO. The minimum absolute atomic E-state index is 0.104. The molecule has 0 aliphatic carbocycles. The number of nitrogens with zero attached hydrogens (tertiary/aromatic N) is 1. The summed E-state index contributed by atoms with van der Waals surface area (Å²) in [5, 5.41) is 9.09. The molecule has 0 aromatic heterocycles. The van der Waals surface area contributed by atoms with Gasteiger partial charge in [-0.2, -0.15) is 0 Å². The number of hydrogen-bond acceptors (Lipinski definition) is 2. The monoisotopic (exact) mass is 239 g/mol. The number of rotatable bonds is 2. The van der Waals surface area contributed by atoms with Gasteiger partial charge in [-0.1, -0.05) is 30.3 Å². The molecular weight excluding hydrogens is 222 g/mol. The minimum atomic E-state index is 0.104. The van der Waals surface area contributed by atoms with Crippen LogP contribution in [0.4, 0.5) is 11.4 Å². The second kappa shape index (κ2) is 4.46. The number of aliphatic hydroxyl groups excluding tert-OH is 1. The summed E-state index contributed by atoms with van der Waals surface area (Å²) in [4.78, 5) is 2.37. The van der Waals surface area contributed by atoms with Gasteiger partial charge in [0, 0.05) is 17.4 Å². The van der Waals surface area contributed by atoms with Gasteiger partial charge in [-0.15, -0.1) is 0 Å². The predicted molar refractivity (Wildman–Crippen MR) is 74.1 cm³/mol. The number of hydrogen-bond donors (Lipinski definition) is 1. The van der Waals surface area contributed by atoms with Gasteiger partial charge in [0.2, 0.25) is 0 Å². The van der Waals surface area contributed by atoms with E-state index in [9.17, 15) is 0 Å². The van der Waals surface area contributed by atoms with E-state index in [1.807, 2.05) is 12.1 Å². The van der Waals surface area contributed by atoms with Crippen molar-refractivity contribution in [1.82, 2.24) is 0 Å². The van der Waals surface area contributed by atoms with Crippen LogP contribution in [-0.4, -0.2) is 11.1 Å². The third kappa shape index (κ3) is 1.79. The third-order valence-corrected chi connectivity index (χ3v) is 3.60. The highest BCUT2D eigenvalue weighted by atomic mass is 16.3. The van der Waals surface area contributed by atoms with Crippen LogP contribution >= 0.6 is 0 Å². The lowest BCUT2D eigenvalue weighted by Gasteiger charge is -2.25. The van der Waals surface area contributed by atoms with Gasteiger partial charge in [-0.05, 0) is 42.7 Å². The fraction of sp³-hybridized carbons (Fsp3) is 0.250. The van der Waals surface area contributed by atoms with Crippen LogP contribution in [0.3, 0.4) is 0 Å². The van der Waals surface area contributed by atoms with E-state index in [-0.39, 0.29) is 6.61 Å². The normalized spacial score (nSPS) is 17.9. The van der Waals surface area contributed by atoms with Gasteiger partial charge >= 0.3 is 0 Å². The molecule has 0 amide bonds. The SMILES string of the molecule is CC1Cc2ccccc2N1c1ccc(CO)cc1. The van der Waals surface area contributed by atoms with E-state index in [0.717, 1.165) is 12.0 Å². The average molecular weight is 239 g/mol. The lowest BCUT2D eigenvalue weighted by atomic mass is 10.1.